The van der Waals surface area contributed by atoms with E-state index in [1.165, 1.54) is 32.1 Å². The molecule has 0 aliphatic heterocycles. The lowest BCUT2D eigenvalue weighted by atomic mass is 9.84. The molecule has 3 heteroatoms. The molecule has 1 fully saturated rings. The third-order valence-corrected chi connectivity index (χ3v) is 4.25. The highest BCUT2D eigenvalue weighted by Gasteiger charge is 2.18. The molecule has 20 heavy (non-hydrogen) atoms. The molecule has 1 aliphatic carbocycles. The molecule has 3 nitrogen and oxygen atoms in total. The summed E-state index contributed by atoms with van der Waals surface area (Å²) < 4.78 is 10.5. The van der Waals surface area contributed by atoms with Gasteiger partial charge < -0.3 is 14.6 Å². The average molecular weight is 278 g/mol. The van der Waals surface area contributed by atoms with Crippen LogP contribution in [-0.2, 0) is 6.42 Å². The molecule has 1 aromatic carbocycles. The topological polar surface area (TPSA) is 38.7 Å². The summed E-state index contributed by atoms with van der Waals surface area (Å²) >= 11 is 0. The highest BCUT2D eigenvalue weighted by molar-refractivity contribution is 5.43. The minimum Gasteiger partial charge on any atom is -0.493 e. The largest absolute Gasteiger partial charge is 0.493 e. The average Bonchev–Trinajstić information content (AvgIpc) is 2.48. The van der Waals surface area contributed by atoms with Gasteiger partial charge in [-0.15, -0.1) is 0 Å². The first-order valence-electron chi connectivity index (χ1n) is 7.62. The van der Waals surface area contributed by atoms with Crippen LogP contribution < -0.4 is 9.47 Å². The molecule has 1 N–H and O–H groups in total. The predicted octanol–water partition coefficient (Wildman–Crippen LogP) is 3.58. The molecule has 0 spiro atoms. The van der Waals surface area contributed by atoms with Gasteiger partial charge in [-0.1, -0.05) is 38.2 Å². The Balaban J connectivity index is 1.91. The van der Waals surface area contributed by atoms with E-state index >= 15 is 0 Å². The number of benzene rings is 1. The Morgan fingerprint density at radius 3 is 2.45 bits per heavy atom. The van der Waals surface area contributed by atoms with E-state index in [-0.39, 0.29) is 6.10 Å². The number of hydrogen-bond acceptors (Lipinski definition) is 3. The van der Waals surface area contributed by atoms with E-state index in [9.17, 15) is 5.11 Å². The Labute approximate surface area is 121 Å². The highest BCUT2D eigenvalue weighted by Crippen LogP contribution is 2.30. The van der Waals surface area contributed by atoms with Gasteiger partial charge in [-0.2, -0.15) is 0 Å². The van der Waals surface area contributed by atoms with Gasteiger partial charge in [0, 0.05) is 0 Å². The Bertz CT molecular complexity index is 411. The summed E-state index contributed by atoms with van der Waals surface area (Å²) in [5, 5.41) is 10.3. The molecule has 0 bridgehead atoms. The second-order valence-corrected chi connectivity index (χ2v) is 5.79. The van der Waals surface area contributed by atoms with Crippen molar-refractivity contribution in [3.05, 3.63) is 23.8 Å². The van der Waals surface area contributed by atoms with Gasteiger partial charge in [-0.3, -0.25) is 0 Å². The number of methoxy groups -OCH3 is 2. The van der Waals surface area contributed by atoms with Crippen molar-refractivity contribution in [2.75, 3.05) is 14.2 Å². The van der Waals surface area contributed by atoms with Crippen LogP contribution in [0.15, 0.2) is 18.2 Å². The molecule has 0 amide bonds. The van der Waals surface area contributed by atoms with Crippen LogP contribution in [-0.4, -0.2) is 25.4 Å². The molecule has 2 rings (SSSR count). The molecule has 0 radical (unpaired) electrons. The Morgan fingerprint density at radius 2 is 1.80 bits per heavy atom. The number of aliphatic hydroxyl groups excluding tert-OH is 1. The summed E-state index contributed by atoms with van der Waals surface area (Å²) in [5.74, 6) is 2.17. The van der Waals surface area contributed by atoms with Crippen LogP contribution in [0, 0.1) is 5.92 Å². The summed E-state index contributed by atoms with van der Waals surface area (Å²) in [6, 6.07) is 5.87. The molecule has 1 atom stereocenters. The molecule has 1 unspecified atom stereocenters. The summed E-state index contributed by atoms with van der Waals surface area (Å²) in [5.41, 5.74) is 1.10. The van der Waals surface area contributed by atoms with Gasteiger partial charge in [-0.05, 0) is 36.5 Å². The van der Waals surface area contributed by atoms with Crippen LogP contribution in [0.1, 0.15) is 44.1 Å². The van der Waals surface area contributed by atoms with Gasteiger partial charge in [0.2, 0.25) is 0 Å². The zero-order chi connectivity index (χ0) is 14.4. The lowest BCUT2D eigenvalue weighted by Gasteiger charge is -2.24. The lowest BCUT2D eigenvalue weighted by molar-refractivity contribution is 0.130. The molecule has 0 aromatic heterocycles. The van der Waals surface area contributed by atoms with E-state index in [0.717, 1.165) is 23.5 Å². The standard InChI is InChI=1S/C17H26O3/c1-19-16-9-8-14(12-17(16)20-2)11-15(18)10-13-6-4-3-5-7-13/h8-9,12-13,15,18H,3-7,10-11H2,1-2H3. The van der Waals surface area contributed by atoms with Crippen molar-refractivity contribution in [2.24, 2.45) is 5.92 Å². The normalized spacial score (nSPS) is 17.8. The predicted molar refractivity (Wildman–Crippen MR) is 80.4 cm³/mol. The van der Waals surface area contributed by atoms with E-state index in [0.29, 0.717) is 12.3 Å². The van der Waals surface area contributed by atoms with E-state index in [2.05, 4.69) is 0 Å². The number of hydrogen-bond donors (Lipinski definition) is 1. The Hall–Kier alpha value is -1.22. The van der Waals surface area contributed by atoms with Gasteiger partial charge >= 0.3 is 0 Å². The van der Waals surface area contributed by atoms with Crippen LogP contribution in [0.2, 0.25) is 0 Å². The van der Waals surface area contributed by atoms with Gasteiger partial charge in [-0.25, -0.2) is 0 Å². The summed E-state index contributed by atoms with van der Waals surface area (Å²) in [4.78, 5) is 0. The first kappa shape index (κ1) is 15.2. The Kier molecular flexibility index (Phi) is 5.72. The van der Waals surface area contributed by atoms with Crippen molar-refractivity contribution >= 4 is 0 Å². The SMILES string of the molecule is COc1ccc(CC(O)CC2CCCCC2)cc1OC. The second kappa shape index (κ2) is 7.53. The van der Waals surface area contributed by atoms with Crippen LogP contribution in [0.3, 0.4) is 0 Å². The molecule has 1 aromatic rings. The van der Waals surface area contributed by atoms with E-state index in [4.69, 9.17) is 9.47 Å². The van der Waals surface area contributed by atoms with Gasteiger partial charge in [0.05, 0.1) is 20.3 Å². The fourth-order valence-electron chi connectivity index (χ4n) is 3.17. The highest BCUT2D eigenvalue weighted by atomic mass is 16.5. The maximum Gasteiger partial charge on any atom is 0.160 e. The minimum atomic E-state index is -0.254. The molecular formula is C17H26O3. The number of ether oxygens (including phenoxy) is 2. The summed E-state index contributed by atoms with van der Waals surface area (Å²) in [6.45, 7) is 0. The van der Waals surface area contributed by atoms with Crippen molar-refractivity contribution in [3.63, 3.8) is 0 Å². The first-order chi connectivity index (χ1) is 9.72. The zero-order valence-corrected chi connectivity index (χ0v) is 12.6. The quantitative estimate of drug-likeness (QED) is 0.864. The van der Waals surface area contributed by atoms with E-state index < -0.39 is 0 Å². The minimum absolute atomic E-state index is 0.254. The molecule has 112 valence electrons. The van der Waals surface area contributed by atoms with Gasteiger partial charge in [0.15, 0.2) is 11.5 Å². The number of rotatable bonds is 6. The fraction of sp³-hybridized carbons (Fsp3) is 0.647. The van der Waals surface area contributed by atoms with Crippen molar-refractivity contribution in [1.82, 2.24) is 0 Å². The maximum absolute atomic E-state index is 10.3. The Morgan fingerprint density at radius 1 is 1.10 bits per heavy atom. The second-order valence-electron chi connectivity index (χ2n) is 5.79. The van der Waals surface area contributed by atoms with Crippen molar-refractivity contribution in [3.8, 4) is 11.5 Å². The lowest BCUT2D eigenvalue weighted by Crippen LogP contribution is -2.18. The van der Waals surface area contributed by atoms with Crippen LogP contribution in [0.4, 0.5) is 0 Å². The van der Waals surface area contributed by atoms with Crippen molar-refractivity contribution in [2.45, 2.75) is 51.0 Å². The summed E-state index contributed by atoms with van der Waals surface area (Å²) in [7, 11) is 3.27. The smallest absolute Gasteiger partial charge is 0.160 e. The van der Waals surface area contributed by atoms with Crippen LogP contribution in [0.25, 0.3) is 0 Å². The molecule has 0 saturated heterocycles. The van der Waals surface area contributed by atoms with Crippen molar-refractivity contribution in [1.29, 1.82) is 0 Å². The number of aliphatic hydroxyl groups is 1. The van der Waals surface area contributed by atoms with E-state index in [1.54, 1.807) is 14.2 Å². The van der Waals surface area contributed by atoms with E-state index in [1.807, 2.05) is 18.2 Å². The van der Waals surface area contributed by atoms with Crippen LogP contribution in [0.5, 0.6) is 11.5 Å². The fourth-order valence-corrected chi connectivity index (χ4v) is 3.17. The van der Waals surface area contributed by atoms with Crippen molar-refractivity contribution < 1.29 is 14.6 Å². The molecule has 1 aliphatic rings. The monoisotopic (exact) mass is 278 g/mol. The third kappa shape index (κ3) is 4.14. The molecular weight excluding hydrogens is 252 g/mol. The zero-order valence-electron chi connectivity index (χ0n) is 12.6. The summed E-state index contributed by atoms with van der Waals surface area (Å²) in [6.07, 6.45) is 7.94. The third-order valence-electron chi connectivity index (χ3n) is 4.25. The molecule has 0 heterocycles. The van der Waals surface area contributed by atoms with Gasteiger partial charge in [0.25, 0.3) is 0 Å². The maximum atomic E-state index is 10.3. The molecule has 1 saturated carbocycles. The first-order valence-corrected chi connectivity index (χ1v) is 7.62. The van der Waals surface area contributed by atoms with Gasteiger partial charge in [0.1, 0.15) is 0 Å². The van der Waals surface area contributed by atoms with Crippen LogP contribution >= 0.6 is 0 Å².